The Labute approximate surface area is 143 Å². The molecule has 2 aliphatic rings. The van der Waals surface area contributed by atoms with Crippen molar-refractivity contribution in [3.63, 3.8) is 0 Å². The summed E-state index contributed by atoms with van der Waals surface area (Å²) in [5.74, 6) is 1.70. The predicted molar refractivity (Wildman–Crippen MR) is 90.8 cm³/mol. The zero-order chi connectivity index (χ0) is 16.9. The molecule has 6 nitrogen and oxygen atoms in total. The van der Waals surface area contributed by atoms with Crippen molar-refractivity contribution in [3.8, 4) is 11.5 Å². The monoisotopic (exact) mass is 334 g/mol. The summed E-state index contributed by atoms with van der Waals surface area (Å²) in [6.07, 6.45) is 2.19. The van der Waals surface area contributed by atoms with Crippen LogP contribution >= 0.6 is 0 Å². The summed E-state index contributed by atoms with van der Waals surface area (Å²) in [6, 6.07) is 4.22. The van der Waals surface area contributed by atoms with Gasteiger partial charge in [-0.3, -0.25) is 4.79 Å². The zero-order valence-corrected chi connectivity index (χ0v) is 14.5. The van der Waals surface area contributed by atoms with Crippen LogP contribution < -0.4 is 14.8 Å². The minimum Gasteiger partial charge on any atom is -0.493 e. The molecule has 132 valence electrons. The first-order valence-corrected chi connectivity index (χ1v) is 8.54. The van der Waals surface area contributed by atoms with Gasteiger partial charge in [0.1, 0.15) is 0 Å². The fraction of sp³-hybridized carbons (Fsp3) is 0.611. The molecule has 0 spiro atoms. The van der Waals surface area contributed by atoms with Crippen molar-refractivity contribution in [1.29, 1.82) is 0 Å². The second kappa shape index (κ2) is 7.85. The van der Waals surface area contributed by atoms with E-state index >= 15 is 0 Å². The standard InChI is InChI=1S/C18H26N2O4/c1-22-16-9-13-3-6-20(7-4-14(13)10-17(16)23-2)18(21)11-15-12-24-8-5-19-15/h9-10,15,19H,3-8,11-12H2,1-2H3. The van der Waals surface area contributed by atoms with E-state index in [2.05, 4.69) is 5.32 Å². The molecular formula is C18H26N2O4. The van der Waals surface area contributed by atoms with Crippen LogP contribution in [0.25, 0.3) is 0 Å². The molecule has 0 aliphatic carbocycles. The van der Waals surface area contributed by atoms with Gasteiger partial charge in [0.2, 0.25) is 5.91 Å². The Morgan fingerprint density at radius 2 is 1.83 bits per heavy atom. The third-order valence-corrected chi connectivity index (χ3v) is 4.78. The largest absolute Gasteiger partial charge is 0.493 e. The summed E-state index contributed by atoms with van der Waals surface area (Å²) in [5, 5.41) is 3.35. The molecule has 1 fully saturated rings. The lowest BCUT2D eigenvalue weighted by Gasteiger charge is -2.27. The number of ether oxygens (including phenoxy) is 3. The second-order valence-corrected chi connectivity index (χ2v) is 6.29. The molecule has 0 bridgehead atoms. The molecule has 2 heterocycles. The Balaban J connectivity index is 1.65. The maximum Gasteiger partial charge on any atom is 0.224 e. The van der Waals surface area contributed by atoms with Crippen LogP contribution in [0.2, 0.25) is 0 Å². The summed E-state index contributed by atoms with van der Waals surface area (Å²) in [6.45, 7) is 3.66. The number of methoxy groups -OCH3 is 2. The van der Waals surface area contributed by atoms with Crippen molar-refractivity contribution in [2.75, 3.05) is 47.1 Å². The number of hydrogen-bond acceptors (Lipinski definition) is 5. The molecule has 0 radical (unpaired) electrons. The van der Waals surface area contributed by atoms with Crippen molar-refractivity contribution in [1.82, 2.24) is 10.2 Å². The van der Waals surface area contributed by atoms with Gasteiger partial charge in [0.15, 0.2) is 11.5 Å². The highest BCUT2D eigenvalue weighted by Gasteiger charge is 2.24. The third kappa shape index (κ3) is 3.82. The summed E-state index contributed by atoms with van der Waals surface area (Å²) in [7, 11) is 3.30. The number of nitrogens with one attached hydrogen (secondary N) is 1. The molecule has 6 heteroatoms. The zero-order valence-electron chi connectivity index (χ0n) is 14.5. The molecule has 1 aromatic rings. The quantitative estimate of drug-likeness (QED) is 0.890. The van der Waals surface area contributed by atoms with Gasteiger partial charge in [-0.25, -0.2) is 0 Å². The number of benzene rings is 1. The average molecular weight is 334 g/mol. The molecule has 1 unspecified atom stereocenters. The Kier molecular flexibility index (Phi) is 5.58. The molecule has 3 rings (SSSR count). The van der Waals surface area contributed by atoms with E-state index in [0.717, 1.165) is 50.6 Å². The fourth-order valence-electron chi connectivity index (χ4n) is 3.39. The Bertz CT molecular complexity index is 550. The van der Waals surface area contributed by atoms with Crippen LogP contribution in [0.5, 0.6) is 11.5 Å². The number of carbonyl (C=O) groups is 1. The molecule has 24 heavy (non-hydrogen) atoms. The molecule has 1 saturated heterocycles. The Morgan fingerprint density at radius 1 is 1.21 bits per heavy atom. The van der Waals surface area contributed by atoms with Crippen molar-refractivity contribution in [2.45, 2.75) is 25.3 Å². The number of carbonyl (C=O) groups excluding carboxylic acids is 1. The molecular weight excluding hydrogens is 308 g/mol. The summed E-state index contributed by atoms with van der Waals surface area (Å²) in [5.41, 5.74) is 2.48. The molecule has 1 aromatic carbocycles. The lowest BCUT2D eigenvalue weighted by Crippen LogP contribution is -2.45. The van der Waals surface area contributed by atoms with Crippen molar-refractivity contribution in [2.24, 2.45) is 0 Å². The van der Waals surface area contributed by atoms with Crippen LogP contribution in [0.3, 0.4) is 0 Å². The van der Waals surface area contributed by atoms with Crippen LogP contribution in [-0.2, 0) is 22.4 Å². The lowest BCUT2D eigenvalue weighted by atomic mass is 10.0. The molecule has 0 aromatic heterocycles. The molecule has 1 atom stereocenters. The number of morpholine rings is 1. The average Bonchev–Trinajstić information content (AvgIpc) is 2.83. The van der Waals surface area contributed by atoms with E-state index < -0.39 is 0 Å². The Hall–Kier alpha value is -1.79. The normalized spacial score (nSPS) is 20.9. The smallest absolute Gasteiger partial charge is 0.224 e. The van der Waals surface area contributed by atoms with Crippen LogP contribution in [0, 0.1) is 0 Å². The van der Waals surface area contributed by atoms with E-state index in [9.17, 15) is 4.79 Å². The number of rotatable bonds is 4. The highest BCUT2D eigenvalue weighted by atomic mass is 16.5. The van der Waals surface area contributed by atoms with Gasteiger partial charge in [0.05, 0.1) is 27.4 Å². The number of nitrogens with zero attached hydrogens (tertiary/aromatic N) is 1. The highest BCUT2D eigenvalue weighted by Crippen LogP contribution is 2.32. The fourth-order valence-corrected chi connectivity index (χ4v) is 3.39. The van der Waals surface area contributed by atoms with Crippen LogP contribution in [0.1, 0.15) is 17.5 Å². The molecule has 1 N–H and O–H groups in total. The van der Waals surface area contributed by atoms with Crippen LogP contribution in [-0.4, -0.2) is 63.9 Å². The number of fused-ring (bicyclic) bond motifs is 1. The number of amides is 1. The minimum atomic E-state index is 0.136. The van der Waals surface area contributed by atoms with E-state index in [1.165, 1.54) is 11.1 Å². The first-order valence-electron chi connectivity index (χ1n) is 8.54. The topological polar surface area (TPSA) is 60.0 Å². The van der Waals surface area contributed by atoms with Crippen molar-refractivity contribution < 1.29 is 19.0 Å². The van der Waals surface area contributed by atoms with Gasteiger partial charge in [-0.15, -0.1) is 0 Å². The van der Waals surface area contributed by atoms with E-state index in [1.54, 1.807) is 14.2 Å². The van der Waals surface area contributed by atoms with E-state index in [1.807, 2.05) is 17.0 Å². The van der Waals surface area contributed by atoms with Crippen LogP contribution in [0.4, 0.5) is 0 Å². The summed E-state index contributed by atoms with van der Waals surface area (Å²) < 4.78 is 16.2. The van der Waals surface area contributed by atoms with Gasteiger partial charge in [-0.05, 0) is 36.1 Å². The van der Waals surface area contributed by atoms with E-state index in [-0.39, 0.29) is 11.9 Å². The van der Waals surface area contributed by atoms with Gasteiger partial charge in [-0.2, -0.15) is 0 Å². The van der Waals surface area contributed by atoms with E-state index in [4.69, 9.17) is 14.2 Å². The summed E-state index contributed by atoms with van der Waals surface area (Å²) >= 11 is 0. The van der Waals surface area contributed by atoms with E-state index in [0.29, 0.717) is 13.0 Å². The molecule has 1 amide bonds. The Morgan fingerprint density at radius 3 is 2.33 bits per heavy atom. The SMILES string of the molecule is COc1cc2c(cc1OC)CCN(C(=O)CC1COCCN1)CC2. The van der Waals surface area contributed by atoms with Crippen molar-refractivity contribution >= 4 is 5.91 Å². The highest BCUT2D eigenvalue weighted by molar-refractivity contribution is 5.77. The third-order valence-electron chi connectivity index (χ3n) is 4.78. The summed E-state index contributed by atoms with van der Waals surface area (Å²) in [4.78, 5) is 14.6. The first kappa shape index (κ1) is 17.0. The van der Waals surface area contributed by atoms with Gasteiger partial charge in [0.25, 0.3) is 0 Å². The minimum absolute atomic E-state index is 0.136. The molecule has 0 saturated carbocycles. The second-order valence-electron chi connectivity index (χ2n) is 6.29. The molecule has 2 aliphatic heterocycles. The van der Waals surface area contributed by atoms with Crippen molar-refractivity contribution in [3.05, 3.63) is 23.3 Å². The maximum absolute atomic E-state index is 12.6. The van der Waals surface area contributed by atoms with Gasteiger partial charge in [-0.1, -0.05) is 0 Å². The van der Waals surface area contributed by atoms with Crippen LogP contribution in [0.15, 0.2) is 12.1 Å². The van der Waals surface area contributed by atoms with Gasteiger partial charge >= 0.3 is 0 Å². The maximum atomic E-state index is 12.6. The number of hydrogen-bond donors (Lipinski definition) is 1. The lowest BCUT2D eigenvalue weighted by molar-refractivity contribution is -0.132. The van der Waals surface area contributed by atoms with Gasteiger partial charge < -0.3 is 24.4 Å². The van der Waals surface area contributed by atoms with Gasteiger partial charge in [0, 0.05) is 32.1 Å². The predicted octanol–water partition coefficient (Wildman–Crippen LogP) is 1.01. The first-order chi connectivity index (χ1) is 11.7.